The van der Waals surface area contributed by atoms with Gasteiger partial charge in [0.1, 0.15) is 0 Å². The molecule has 2 amide bonds. The number of thiophene rings is 1. The van der Waals surface area contributed by atoms with Crippen LogP contribution in [0.25, 0.3) is 0 Å². The highest BCUT2D eigenvalue weighted by Crippen LogP contribution is 2.24. The summed E-state index contributed by atoms with van der Waals surface area (Å²) in [6.45, 7) is 1.15. The van der Waals surface area contributed by atoms with E-state index in [0.29, 0.717) is 18.7 Å². The van der Waals surface area contributed by atoms with Gasteiger partial charge < -0.3 is 10.6 Å². The van der Waals surface area contributed by atoms with Gasteiger partial charge in [0, 0.05) is 18.5 Å². The molecule has 0 spiro atoms. The van der Waals surface area contributed by atoms with Gasteiger partial charge in [-0.15, -0.1) is 11.3 Å². The zero-order valence-corrected chi connectivity index (χ0v) is 11.6. The maximum Gasteiger partial charge on any atom is 0.254 e. The van der Waals surface area contributed by atoms with E-state index in [-0.39, 0.29) is 17.7 Å². The Balaban J connectivity index is 2.07. The van der Waals surface area contributed by atoms with E-state index in [2.05, 4.69) is 15.9 Å². The van der Waals surface area contributed by atoms with E-state index in [0.717, 1.165) is 16.6 Å². The largest absolute Gasteiger partial charge is 0.369 e. The number of halogens is 1. The lowest BCUT2D eigenvalue weighted by Gasteiger charge is -2.31. The summed E-state index contributed by atoms with van der Waals surface area (Å²) in [5, 5.41) is 1.82. The number of carbonyl (C=O) groups is 2. The van der Waals surface area contributed by atoms with E-state index in [1.807, 2.05) is 5.38 Å². The minimum atomic E-state index is -0.311. The van der Waals surface area contributed by atoms with Crippen LogP contribution >= 0.6 is 27.3 Å². The molecule has 2 heterocycles. The van der Waals surface area contributed by atoms with Crippen molar-refractivity contribution in [3.05, 3.63) is 20.8 Å². The number of nitrogens with zero attached hydrogens (tertiary/aromatic N) is 1. The first-order valence-electron chi connectivity index (χ1n) is 5.40. The highest BCUT2D eigenvalue weighted by Gasteiger charge is 2.27. The lowest BCUT2D eigenvalue weighted by atomic mass is 9.97. The van der Waals surface area contributed by atoms with E-state index in [1.54, 1.807) is 11.0 Å². The fraction of sp³-hybridized carbons (Fsp3) is 0.455. The van der Waals surface area contributed by atoms with Crippen LogP contribution in [-0.4, -0.2) is 29.8 Å². The maximum absolute atomic E-state index is 12.1. The second-order valence-electron chi connectivity index (χ2n) is 4.13. The summed E-state index contributed by atoms with van der Waals surface area (Å²) in [6, 6.07) is 1.81. The van der Waals surface area contributed by atoms with Gasteiger partial charge in [-0.2, -0.15) is 0 Å². The zero-order chi connectivity index (χ0) is 12.4. The molecule has 0 unspecified atom stereocenters. The molecular formula is C11H13BrN2O2S. The first-order valence-corrected chi connectivity index (χ1v) is 7.08. The van der Waals surface area contributed by atoms with Gasteiger partial charge in [0.25, 0.3) is 5.91 Å². The number of piperidine rings is 1. The number of carbonyl (C=O) groups excluding carboxylic acids is 2. The van der Waals surface area contributed by atoms with Crippen molar-refractivity contribution >= 4 is 39.1 Å². The fourth-order valence-corrected chi connectivity index (χ4v) is 3.13. The molecule has 6 heteroatoms. The van der Waals surface area contributed by atoms with Crippen molar-refractivity contribution in [1.82, 2.24) is 4.90 Å². The van der Waals surface area contributed by atoms with Gasteiger partial charge in [-0.3, -0.25) is 9.59 Å². The van der Waals surface area contributed by atoms with Crippen LogP contribution in [0.5, 0.6) is 0 Å². The quantitative estimate of drug-likeness (QED) is 0.905. The predicted molar refractivity (Wildman–Crippen MR) is 69.8 cm³/mol. The van der Waals surface area contributed by atoms with Gasteiger partial charge in [-0.05, 0) is 34.8 Å². The van der Waals surface area contributed by atoms with Crippen LogP contribution in [0.3, 0.4) is 0 Å². The average Bonchev–Trinajstić information content (AvgIpc) is 2.75. The summed E-state index contributed by atoms with van der Waals surface area (Å²) < 4.78 is 0.935. The Morgan fingerprint density at radius 2 is 2.29 bits per heavy atom. The Hall–Kier alpha value is -0.880. The summed E-state index contributed by atoms with van der Waals surface area (Å²) in [7, 11) is 0. The van der Waals surface area contributed by atoms with Crippen molar-refractivity contribution in [3.8, 4) is 0 Å². The van der Waals surface area contributed by atoms with Crippen molar-refractivity contribution in [1.29, 1.82) is 0 Å². The Labute approximate surface area is 112 Å². The van der Waals surface area contributed by atoms with E-state index in [9.17, 15) is 9.59 Å². The third-order valence-corrected chi connectivity index (χ3v) is 4.43. The minimum Gasteiger partial charge on any atom is -0.369 e. The number of nitrogens with two attached hydrogens (primary N) is 1. The fourth-order valence-electron chi connectivity index (χ4n) is 2.00. The van der Waals surface area contributed by atoms with Crippen molar-refractivity contribution in [3.63, 3.8) is 0 Å². The highest BCUT2D eigenvalue weighted by atomic mass is 79.9. The second kappa shape index (κ2) is 5.18. The number of likely N-dealkylation sites (tertiary alicyclic amines) is 1. The van der Waals surface area contributed by atoms with Crippen LogP contribution in [0.15, 0.2) is 15.2 Å². The van der Waals surface area contributed by atoms with Crippen molar-refractivity contribution in [2.24, 2.45) is 11.7 Å². The molecule has 2 N–H and O–H groups in total. The topological polar surface area (TPSA) is 63.4 Å². The SMILES string of the molecule is NC(=O)[C@H]1CCCN(C(=O)c2csc(Br)c2)C1. The number of amides is 2. The molecule has 1 aliphatic heterocycles. The Morgan fingerprint density at radius 1 is 1.53 bits per heavy atom. The monoisotopic (exact) mass is 316 g/mol. The molecule has 1 atom stereocenters. The molecule has 1 aliphatic rings. The summed E-state index contributed by atoms with van der Waals surface area (Å²) in [4.78, 5) is 25.0. The Bertz CT molecular complexity index is 446. The van der Waals surface area contributed by atoms with E-state index in [1.165, 1.54) is 11.3 Å². The highest BCUT2D eigenvalue weighted by molar-refractivity contribution is 9.11. The molecule has 0 saturated carbocycles. The normalized spacial score (nSPS) is 20.3. The predicted octanol–water partition coefficient (Wildman–Crippen LogP) is 1.85. The van der Waals surface area contributed by atoms with E-state index in [4.69, 9.17) is 5.73 Å². The lowest BCUT2D eigenvalue weighted by Crippen LogP contribution is -2.44. The molecule has 0 radical (unpaired) electrons. The molecule has 1 aromatic heterocycles. The molecule has 92 valence electrons. The van der Waals surface area contributed by atoms with Gasteiger partial charge in [0.05, 0.1) is 15.3 Å². The molecule has 0 bridgehead atoms. The van der Waals surface area contributed by atoms with Gasteiger partial charge in [0.15, 0.2) is 0 Å². The standard InChI is InChI=1S/C11H13BrN2O2S/c12-9-4-8(6-17-9)11(16)14-3-1-2-7(5-14)10(13)15/h4,6-7H,1-3,5H2,(H2,13,15)/t7-/m0/s1. The third-order valence-electron chi connectivity index (χ3n) is 2.93. The lowest BCUT2D eigenvalue weighted by molar-refractivity contribution is -0.123. The maximum atomic E-state index is 12.1. The molecule has 1 saturated heterocycles. The molecular weight excluding hydrogens is 304 g/mol. The summed E-state index contributed by atoms with van der Waals surface area (Å²) in [5.41, 5.74) is 5.96. The van der Waals surface area contributed by atoms with Crippen LogP contribution in [0.1, 0.15) is 23.2 Å². The smallest absolute Gasteiger partial charge is 0.254 e. The van der Waals surface area contributed by atoms with Crippen molar-refractivity contribution in [2.45, 2.75) is 12.8 Å². The van der Waals surface area contributed by atoms with Gasteiger partial charge >= 0.3 is 0 Å². The van der Waals surface area contributed by atoms with Crippen molar-refractivity contribution in [2.75, 3.05) is 13.1 Å². The first kappa shape index (κ1) is 12.6. The Kier molecular flexibility index (Phi) is 3.83. The Morgan fingerprint density at radius 3 is 2.88 bits per heavy atom. The summed E-state index contributed by atoms with van der Waals surface area (Å²) in [5.74, 6) is -0.526. The van der Waals surface area contributed by atoms with Gasteiger partial charge in [-0.25, -0.2) is 0 Å². The van der Waals surface area contributed by atoms with Crippen LogP contribution in [-0.2, 0) is 4.79 Å². The second-order valence-corrected chi connectivity index (χ2v) is 6.42. The molecule has 1 aromatic rings. The van der Waals surface area contributed by atoms with E-state index >= 15 is 0 Å². The average molecular weight is 317 g/mol. The molecule has 4 nitrogen and oxygen atoms in total. The van der Waals surface area contributed by atoms with Crippen LogP contribution < -0.4 is 5.73 Å². The molecule has 1 fully saturated rings. The molecule has 0 aromatic carbocycles. The number of rotatable bonds is 2. The van der Waals surface area contributed by atoms with Gasteiger partial charge in [-0.1, -0.05) is 0 Å². The molecule has 2 rings (SSSR count). The molecule has 17 heavy (non-hydrogen) atoms. The third kappa shape index (κ3) is 2.87. The van der Waals surface area contributed by atoms with Crippen LogP contribution in [0, 0.1) is 5.92 Å². The van der Waals surface area contributed by atoms with Gasteiger partial charge in [0.2, 0.25) is 5.91 Å². The minimum absolute atomic E-state index is 0.0158. The number of primary amides is 1. The van der Waals surface area contributed by atoms with Crippen LogP contribution in [0.4, 0.5) is 0 Å². The summed E-state index contributed by atoms with van der Waals surface area (Å²) in [6.07, 6.45) is 1.62. The molecule has 0 aliphatic carbocycles. The summed E-state index contributed by atoms with van der Waals surface area (Å²) >= 11 is 4.81. The first-order chi connectivity index (χ1) is 8.08. The van der Waals surface area contributed by atoms with Crippen molar-refractivity contribution < 1.29 is 9.59 Å². The zero-order valence-electron chi connectivity index (χ0n) is 9.19. The van der Waals surface area contributed by atoms with Crippen LogP contribution in [0.2, 0.25) is 0 Å². The number of hydrogen-bond donors (Lipinski definition) is 1. The van der Waals surface area contributed by atoms with E-state index < -0.39 is 0 Å². The number of hydrogen-bond acceptors (Lipinski definition) is 3.